The van der Waals surface area contributed by atoms with Gasteiger partial charge < -0.3 is 13.5 Å². The summed E-state index contributed by atoms with van der Waals surface area (Å²) in [6.45, 7) is 6.42. The number of aryl methyl sites for hydroxylation is 3. The van der Waals surface area contributed by atoms with Gasteiger partial charge in [0.25, 0.3) is 0 Å². The maximum absolute atomic E-state index is 6.53. The molecule has 8 heteroatoms. The molecule has 0 saturated heterocycles. The smallest absolute Gasteiger partial charge is 0.497 e. The van der Waals surface area contributed by atoms with Crippen molar-refractivity contribution in [3.8, 4) is 34.0 Å². The normalized spacial score (nSPS) is 11.7. The van der Waals surface area contributed by atoms with Gasteiger partial charge in [0.15, 0.2) is 0 Å². The molecule has 0 saturated carbocycles. The monoisotopic (exact) mass is 839 g/mol. The average molecular weight is 840 g/mol. The van der Waals surface area contributed by atoms with Crippen molar-refractivity contribution in [1.82, 2.24) is 28.7 Å². The van der Waals surface area contributed by atoms with Crippen molar-refractivity contribution in [1.29, 1.82) is 0 Å². The SMILES string of the molecule is Cc1cc(C)c(-c2cn3c4cccnc4c4ccc(Oc5[c-]c6c(cc5)c5cccnc5n5cc(-c7ccccc7)nc65)[c-]c4c3n2)c(C)c1.[Pt+2]. The van der Waals surface area contributed by atoms with Crippen molar-refractivity contribution >= 4 is 54.9 Å². The van der Waals surface area contributed by atoms with Crippen LogP contribution in [-0.2, 0) is 21.1 Å². The van der Waals surface area contributed by atoms with E-state index in [9.17, 15) is 0 Å². The zero-order valence-corrected chi connectivity index (χ0v) is 30.1. The second-order valence-electron chi connectivity index (χ2n) is 12.8. The molecule has 0 fully saturated rings. The fourth-order valence-corrected chi connectivity index (χ4v) is 7.47. The summed E-state index contributed by atoms with van der Waals surface area (Å²) in [5.41, 5.74) is 11.9. The van der Waals surface area contributed by atoms with Crippen LogP contribution in [0.3, 0.4) is 0 Å². The molecule has 0 N–H and O–H groups in total. The Hall–Kier alpha value is -5.91. The third-order valence-corrected chi connectivity index (χ3v) is 9.53. The molecular weight excluding hydrogens is 812 g/mol. The first-order chi connectivity index (χ1) is 24.5. The van der Waals surface area contributed by atoms with Crippen molar-refractivity contribution in [2.24, 2.45) is 0 Å². The number of pyridine rings is 4. The van der Waals surface area contributed by atoms with E-state index in [4.69, 9.17) is 24.7 Å². The van der Waals surface area contributed by atoms with Crippen LogP contribution >= 0.6 is 0 Å². The van der Waals surface area contributed by atoms with Crippen LogP contribution in [0.2, 0.25) is 0 Å². The first-order valence-electron chi connectivity index (χ1n) is 16.6. The fourth-order valence-electron chi connectivity index (χ4n) is 7.47. The molecule has 0 spiro atoms. The largest absolute Gasteiger partial charge is 2.00 e. The summed E-state index contributed by atoms with van der Waals surface area (Å²) < 4.78 is 10.7. The van der Waals surface area contributed by atoms with Gasteiger partial charge in [-0.15, -0.1) is 12.1 Å². The Balaban J connectivity index is 0.00000348. The van der Waals surface area contributed by atoms with Gasteiger partial charge in [0.1, 0.15) is 5.65 Å². The van der Waals surface area contributed by atoms with E-state index in [0.29, 0.717) is 11.5 Å². The Morgan fingerprint density at radius 3 is 2.02 bits per heavy atom. The third kappa shape index (κ3) is 4.91. The van der Waals surface area contributed by atoms with Crippen LogP contribution < -0.4 is 4.74 Å². The molecule has 0 unspecified atom stereocenters. The van der Waals surface area contributed by atoms with Crippen LogP contribution in [0.25, 0.3) is 77.4 Å². The molecule has 0 amide bonds. The molecule has 51 heavy (non-hydrogen) atoms. The molecule has 246 valence electrons. The number of aromatic nitrogens is 6. The second kappa shape index (κ2) is 11.9. The molecular formula is C43H28N6OPt. The zero-order valence-electron chi connectivity index (χ0n) is 27.9. The van der Waals surface area contributed by atoms with Crippen molar-refractivity contribution < 1.29 is 25.8 Å². The number of hydrogen-bond acceptors (Lipinski definition) is 5. The van der Waals surface area contributed by atoms with Crippen LogP contribution in [0.15, 0.2) is 116 Å². The summed E-state index contributed by atoms with van der Waals surface area (Å²) in [6.07, 6.45) is 7.79. The molecule has 4 aromatic carbocycles. The minimum absolute atomic E-state index is 0. The van der Waals surface area contributed by atoms with Crippen molar-refractivity contribution in [3.63, 3.8) is 0 Å². The molecule has 10 rings (SSSR count). The van der Waals surface area contributed by atoms with Crippen LogP contribution in [-0.4, -0.2) is 28.7 Å². The molecule has 0 bridgehead atoms. The molecule has 0 aliphatic rings. The van der Waals surface area contributed by atoms with E-state index in [1.54, 1.807) is 0 Å². The number of hydrogen-bond donors (Lipinski definition) is 0. The Morgan fingerprint density at radius 1 is 0.588 bits per heavy atom. The summed E-state index contributed by atoms with van der Waals surface area (Å²) in [4.78, 5) is 19.8. The maximum atomic E-state index is 6.53. The standard InChI is InChI=1S/C43H28N6O.Pt/c1-25-19-26(2)39(27(3)20-25)37-24-48-38-12-8-17-44-40(38)32-16-14-30(22-35(32)42(48)47-37)50-29-13-15-31-33-11-7-18-45-41(33)49-23-36(28-9-5-4-6-10-28)46-43(49)34(31)21-29;/h4-20,23-24H,1-3H3;/q-2;+2. The van der Waals surface area contributed by atoms with E-state index in [-0.39, 0.29) is 21.1 Å². The number of benzene rings is 4. The van der Waals surface area contributed by atoms with Gasteiger partial charge in [0, 0.05) is 47.4 Å². The summed E-state index contributed by atoms with van der Waals surface area (Å²) in [6, 6.07) is 37.8. The minimum Gasteiger partial charge on any atom is -0.497 e. The Labute approximate surface area is 307 Å². The fraction of sp³-hybridized carbons (Fsp3) is 0.0698. The summed E-state index contributed by atoms with van der Waals surface area (Å²) >= 11 is 0. The Bertz CT molecular complexity index is 2980. The Kier molecular flexibility index (Phi) is 7.23. The van der Waals surface area contributed by atoms with Crippen LogP contribution in [0.1, 0.15) is 16.7 Å². The topological polar surface area (TPSA) is 69.6 Å². The van der Waals surface area contributed by atoms with Crippen LogP contribution in [0, 0.1) is 32.9 Å². The van der Waals surface area contributed by atoms with Gasteiger partial charge in [-0.2, -0.15) is 0 Å². The number of imidazole rings is 2. The van der Waals surface area contributed by atoms with Gasteiger partial charge in [0.2, 0.25) is 0 Å². The molecule has 6 heterocycles. The Morgan fingerprint density at radius 2 is 1.24 bits per heavy atom. The quantitative estimate of drug-likeness (QED) is 0.130. The van der Waals surface area contributed by atoms with E-state index < -0.39 is 0 Å². The van der Waals surface area contributed by atoms with E-state index in [1.165, 1.54) is 16.7 Å². The van der Waals surface area contributed by atoms with Crippen molar-refractivity contribution in [2.45, 2.75) is 20.8 Å². The zero-order chi connectivity index (χ0) is 33.5. The number of fused-ring (bicyclic) bond motifs is 12. The van der Waals surface area contributed by atoms with Crippen molar-refractivity contribution in [3.05, 3.63) is 145 Å². The summed E-state index contributed by atoms with van der Waals surface area (Å²) in [7, 11) is 0. The first-order valence-corrected chi connectivity index (χ1v) is 16.6. The van der Waals surface area contributed by atoms with E-state index in [2.05, 4.69) is 86.0 Å². The molecule has 0 aliphatic heterocycles. The van der Waals surface area contributed by atoms with Gasteiger partial charge in [-0.05, 0) is 55.5 Å². The molecule has 0 radical (unpaired) electrons. The first kappa shape index (κ1) is 31.1. The van der Waals surface area contributed by atoms with Gasteiger partial charge in [-0.1, -0.05) is 99.9 Å². The molecule has 10 aromatic rings. The molecule has 7 nitrogen and oxygen atoms in total. The molecule has 0 aliphatic carbocycles. The van der Waals surface area contributed by atoms with Crippen LogP contribution in [0.4, 0.5) is 0 Å². The van der Waals surface area contributed by atoms with Crippen molar-refractivity contribution in [2.75, 3.05) is 0 Å². The summed E-state index contributed by atoms with van der Waals surface area (Å²) in [5.74, 6) is 1.12. The summed E-state index contributed by atoms with van der Waals surface area (Å²) in [5, 5.41) is 4.67. The maximum Gasteiger partial charge on any atom is 2.00 e. The predicted molar refractivity (Wildman–Crippen MR) is 199 cm³/mol. The molecule has 6 aromatic heterocycles. The minimum atomic E-state index is 0. The predicted octanol–water partition coefficient (Wildman–Crippen LogP) is 10.0. The van der Waals surface area contributed by atoms with Crippen LogP contribution in [0.5, 0.6) is 11.5 Å². The van der Waals surface area contributed by atoms with Gasteiger partial charge in [-0.25, -0.2) is 4.98 Å². The van der Waals surface area contributed by atoms with Gasteiger partial charge in [-0.3, -0.25) is 15.0 Å². The van der Waals surface area contributed by atoms with E-state index in [0.717, 1.165) is 77.4 Å². The molecule has 0 atom stereocenters. The van der Waals surface area contributed by atoms with Gasteiger partial charge >= 0.3 is 21.1 Å². The average Bonchev–Trinajstić information content (AvgIpc) is 3.78. The van der Waals surface area contributed by atoms with Gasteiger partial charge in [0.05, 0.1) is 33.7 Å². The number of rotatable bonds is 4. The second-order valence-corrected chi connectivity index (χ2v) is 12.8. The number of ether oxygens (including phenoxy) is 1. The van der Waals surface area contributed by atoms with E-state index in [1.807, 2.05) is 71.5 Å². The third-order valence-electron chi connectivity index (χ3n) is 9.53. The van der Waals surface area contributed by atoms with E-state index >= 15 is 0 Å². The number of nitrogens with zero attached hydrogens (tertiary/aromatic N) is 6.